The zero-order valence-corrected chi connectivity index (χ0v) is 15.8. The number of aromatic nitrogens is 3. The fraction of sp³-hybridized carbons (Fsp3) is 0.316. The van der Waals surface area contributed by atoms with Crippen LogP contribution in [0.25, 0.3) is 11.6 Å². The molecule has 0 aliphatic carbocycles. The first-order valence-corrected chi connectivity index (χ1v) is 9.93. The number of hydrogen-bond acceptors (Lipinski definition) is 6. The Balaban J connectivity index is 1.58. The Labute approximate surface area is 161 Å². The van der Waals surface area contributed by atoms with Gasteiger partial charge in [-0.1, -0.05) is 25.1 Å². The molecule has 0 unspecified atom stereocenters. The molecule has 1 aliphatic rings. The minimum absolute atomic E-state index is 0.107. The number of ether oxygens (including phenoxy) is 1. The molecule has 140 valence electrons. The van der Waals surface area contributed by atoms with Gasteiger partial charge in [-0.25, -0.2) is 9.69 Å². The molecule has 0 saturated heterocycles. The van der Waals surface area contributed by atoms with Crippen molar-refractivity contribution < 1.29 is 13.9 Å². The van der Waals surface area contributed by atoms with Crippen molar-refractivity contribution in [2.45, 2.75) is 24.9 Å². The zero-order valence-electron chi connectivity index (χ0n) is 15.0. The van der Waals surface area contributed by atoms with Crippen LogP contribution >= 0.6 is 11.8 Å². The van der Waals surface area contributed by atoms with Crippen LogP contribution < -0.4 is 9.75 Å². The van der Waals surface area contributed by atoms with Crippen LogP contribution in [0.2, 0.25) is 0 Å². The monoisotopic (exact) mass is 384 g/mol. The van der Waals surface area contributed by atoms with E-state index < -0.39 is 0 Å². The fourth-order valence-corrected chi connectivity index (χ4v) is 3.68. The summed E-state index contributed by atoms with van der Waals surface area (Å²) in [4.78, 5) is 13.1. The summed E-state index contributed by atoms with van der Waals surface area (Å²) in [6.07, 6.45) is 3.68. The number of nitrogens with zero attached hydrogens (tertiary/aromatic N) is 4. The van der Waals surface area contributed by atoms with Gasteiger partial charge in [-0.2, -0.15) is 0 Å². The molecular formula is C19H20N4O3S. The lowest BCUT2D eigenvalue weighted by atomic mass is 10.2. The number of unbranched alkanes of at least 4 members (excludes halogenated alkanes) is 1. The first kappa shape index (κ1) is 17.7. The minimum Gasteiger partial charge on any atom is -0.494 e. The van der Waals surface area contributed by atoms with Crippen molar-refractivity contribution in [3.05, 3.63) is 48.2 Å². The average molecular weight is 384 g/mol. The first-order chi connectivity index (χ1) is 13.3. The third-order valence-electron chi connectivity index (χ3n) is 4.23. The van der Waals surface area contributed by atoms with Gasteiger partial charge in [-0.05, 0) is 42.8 Å². The highest BCUT2D eigenvalue weighted by molar-refractivity contribution is 7.99. The smallest absolute Gasteiger partial charge is 0.272 e. The molecule has 0 saturated carbocycles. The number of benzene rings is 1. The molecule has 0 spiro atoms. The number of furan rings is 1. The molecule has 4 rings (SSSR count). The summed E-state index contributed by atoms with van der Waals surface area (Å²) in [5, 5.41) is 10.7. The van der Waals surface area contributed by atoms with E-state index in [9.17, 15) is 4.79 Å². The summed E-state index contributed by atoms with van der Waals surface area (Å²) in [5.41, 5.74) is 0.592. The third kappa shape index (κ3) is 3.57. The van der Waals surface area contributed by atoms with E-state index in [0.29, 0.717) is 35.5 Å². The van der Waals surface area contributed by atoms with Crippen LogP contribution in [0, 0.1) is 0 Å². The molecule has 3 heterocycles. The van der Waals surface area contributed by atoms with Crippen LogP contribution in [0.15, 0.2) is 52.2 Å². The Morgan fingerprint density at radius 3 is 2.85 bits per heavy atom. The van der Waals surface area contributed by atoms with Crippen molar-refractivity contribution in [3.63, 3.8) is 0 Å². The number of thioether (sulfide) groups is 1. The van der Waals surface area contributed by atoms with Gasteiger partial charge in [0, 0.05) is 11.3 Å². The second kappa shape index (κ2) is 7.87. The van der Waals surface area contributed by atoms with Crippen LogP contribution in [0.5, 0.6) is 5.75 Å². The van der Waals surface area contributed by atoms with Crippen LogP contribution in [0.3, 0.4) is 0 Å². The molecule has 0 bridgehead atoms. The number of fused-ring (bicyclic) bond motifs is 1. The molecule has 1 aliphatic heterocycles. The van der Waals surface area contributed by atoms with Crippen molar-refractivity contribution in [1.29, 1.82) is 0 Å². The summed E-state index contributed by atoms with van der Waals surface area (Å²) < 4.78 is 12.9. The second-order valence-corrected chi connectivity index (χ2v) is 7.16. The largest absolute Gasteiger partial charge is 0.494 e. The van der Waals surface area contributed by atoms with Gasteiger partial charge in [0.2, 0.25) is 11.0 Å². The Bertz CT molecular complexity index is 906. The first-order valence-electron chi connectivity index (χ1n) is 8.95. The molecule has 2 aromatic heterocycles. The number of carbonyl (C=O) groups is 1. The Hall–Kier alpha value is -2.74. The maximum absolute atomic E-state index is 13.1. The number of amides is 1. The van der Waals surface area contributed by atoms with Crippen molar-refractivity contribution in [2.24, 2.45) is 0 Å². The van der Waals surface area contributed by atoms with Gasteiger partial charge in [-0.3, -0.25) is 4.79 Å². The topological polar surface area (TPSA) is 73.4 Å². The lowest BCUT2D eigenvalue weighted by Crippen LogP contribution is -2.45. The van der Waals surface area contributed by atoms with Crippen LogP contribution in [0.1, 0.15) is 30.1 Å². The maximum Gasteiger partial charge on any atom is 0.272 e. The summed E-state index contributed by atoms with van der Waals surface area (Å²) >= 11 is 1.57. The summed E-state index contributed by atoms with van der Waals surface area (Å²) in [5.74, 6) is 2.53. The van der Waals surface area contributed by atoms with Gasteiger partial charge in [0.1, 0.15) is 5.75 Å². The van der Waals surface area contributed by atoms with Gasteiger partial charge in [0.25, 0.3) is 5.91 Å². The van der Waals surface area contributed by atoms with Crippen LogP contribution in [-0.4, -0.2) is 39.7 Å². The highest BCUT2D eigenvalue weighted by Crippen LogP contribution is 2.28. The second-order valence-electron chi connectivity index (χ2n) is 6.10. The molecule has 0 radical (unpaired) electrons. The summed E-state index contributed by atoms with van der Waals surface area (Å²) in [6, 6.07) is 10.9. The van der Waals surface area contributed by atoms with E-state index in [2.05, 4.69) is 17.1 Å². The van der Waals surface area contributed by atoms with Gasteiger partial charge < -0.3 is 9.15 Å². The fourth-order valence-electron chi connectivity index (χ4n) is 2.83. The lowest BCUT2D eigenvalue weighted by molar-refractivity contribution is 0.0956. The van der Waals surface area contributed by atoms with E-state index in [4.69, 9.17) is 9.15 Å². The molecular weight excluding hydrogens is 364 g/mol. The SMILES string of the molecule is CCCCOc1ccc(C(=O)N2CCSc3nnc(-c4ccco4)n32)cc1. The molecule has 8 heteroatoms. The minimum atomic E-state index is -0.107. The molecule has 0 atom stereocenters. The molecule has 0 N–H and O–H groups in total. The third-order valence-corrected chi connectivity index (χ3v) is 5.13. The predicted molar refractivity (Wildman–Crippen MR) is 103 cm³/mol. The molecule has 27 heavy (non-hydrogen) atoms. The van der Waals surface area contributed by atoms with Gasteiger partial charge in [0.05, 0.1) is 19.4 Å². The lowest BCUT2D eigenvalue weighted by Gasteiger charge is -2.28. The van der Waals surface area contributed by atoms with E-state index >= 15 is 0 Å². The molecule has 7 nitrogen and oxygen atoms in total. The summed E-state index contributed by atoms with van der Waals surface area (Å²) in [7, 11) is 0. The van der Waals surface area contributed by atoms with Crippen LogP contribution in [0.4, 0.5) is 0 Å². The normalized spacial score (nSPS) is 13.4. The van der Waals surface area contributed by atoms with Gasteiger partial charge in [-0.15, -0.1) is 10.2 Å². The average Bonchev–Trinajstić information content (AvgIpc) is 3.37. The van der Waals surface area contributed by atoms with Crippen LogP contribution in [-0.2, 0) is 0 Å². The number of rotatable bonds is 6. The maximum atomic E-state index is 13.1. The van der Waals surface area contributed by atoms with Gasteiger partial charge >= 0.3 is 0 Å². The summed E-state index contributed by atoms with van der Waals surface area (Å²) in [6.45, 7) is 3.37. The number of hydrogen-bond donors (Lipinski definition) is 0. The quantitative estimate of drug-likeness (QED) is 0.605. The predicted octanol–water partition coefficient (Wildman–Crippen LogP) is 3.60. The molecule has 0 fully saturated rings. The number of carbonyl (C=O) groups excluding carboxylic acids is 1. The highest BCUT2D eigenvalue weighted by atomic mass is 32.2. The van der Waals surface area contributed by atoms with Crippen molar-refractivity contribution >= 4 is 17.7 Å². The van der Waals surface area contributed by atoms with Crippen molar-refractivity contribution in [2.75, 3.05) is 23.9 Å². The standard InChI is InChI=1S/C19H20N4O3S/c1-2-3-11-25-15-8-6-14(7-9-15)18(24)22-10-13-27-19-21-20-17(23(19)22)16-5-4-12-26-16/h4-9,12H,2-3,10-11,13H2,1H3. The van der Waals surface area contributed by atoms with E-state index in [1.807, 2.05) is 18.2 Å². The Morgan fingerprint density at radius 1 is 1.26 bits per heavy atom. The molecule has 1 aromatic carbocycles. The Morgan fingerprint density at radius 2 is 2.11 bits per heavy atom. The zero-order chi connectivity index (χ0) is 18.6. The molecule has 1 amide bonds. The van der Waals surface area contributed by atoms with Crippen molar-refractivity contribution in [1.82, 2.24) is 14.9 Å². The Kier molecular flexibility index (Phi) is 5.15. The van der Waals surface area contributed by atoms with Crippen molar-refractivity contribution in [3.8, 4) is 17.3 Å². The van der Waals surface area contributed by atoms with E-state index in [1.54, 1.807) is 45.9 Å². The van der Waals surface area contributed by atoms with E-state index in [-0.39, 0.29) is 5.91 Å². The molecule has 3 aromatic rings. The van der Waals surface area contributed by atoms with E-state index in [1.165, 1.54) is 0 Å². The van der Waals surface area contributed by atoms with Gasteiger partial charge in [0.15, 0.2) is 5.76 Å². The highest BCUT2D eigenvalue weighted by Gasteiger charge is 2.29. The van der Waals surface area contributed by atoms with E-state index in [0.717, 1.165) is 24.3 Å².